The number of nitrogens with zero attached hydrogens (tertiary/aromatic N) is 2. The maximum atomic E-state index is 13.5. The van der Waals surface area contributed by atoms with Crippen LogP contribution in [-0.4, -0.2) is 36.0 Å². The van der Waals surface area contributed by atoms with Crippen LogP contribution < -0.4 is 10.6 Å². The summed E-state index contributed by atoms with van der Waals surface area (Å²) in [6, 6.07) is 31.2. The maximum Gasteiger partial charge on any atom is 0.318 e. The highest BCUT2D eigenvalue weighted by molar-refractivity contribution is 5.88. The molecule has 3 aromatic rings. The fraction of sp³-hybridized carbons (Fsp3) is 0.364. The number of hydrogen-bond donors (Lipinski definition) is 2. The summed E-state index contributed by atoms with van der Waals surface area (Å²) in [5.41, 5.74) is 2.40. The van der Waals surface area contributed by atoms with Gasteiger partial charge in [0.1, 0.15) is 6.04 Å². The van der Waals surface area contributed by atoms with Crippen LogP contribution in [0.25, 0.3) is 0 Å². The lowest BCUT2D eigenvalue weighted by atomic mass is 9.70. The molecule has 1 aliphatic rings. The third-order valence-corrected chi connectivity index (χ3v) is 7.87. The Balaban J connectivity index is 1.37. The second kappa shape index (κ2) is 13.1. The number of likely N-dealkylation sites (tertiary alicyclic amines) is 1. The Bertz CT molecular complexity index is 1220. The van der Waals surface area contributed by atoms with Crippen LogP contribution in [0.4, 0.5) is 4.79 Å². The molecule has 6 heteroatoms. The zero-order chi connectivity index (χ0) is 27.7. The number of nitrogens with one attached hydrogen (secondary N) is 2. The van der Waals surface area contributed by atoms with Crippen LogP contribution in [0.15, 0.2) is 91.0 Å². The van der Waals surface area contributed by atoms with Gasteiger partial charge in [0.25, 0.3) is 0 Å². The number of carbonyl (C=O) groups is 2. The van der Waals surface area contributed by atoms with Crippen LogP contribution >= 0.6 is 0 Å². The first kappa shape index (κ1) is 27.9. The molecule has 1 aliphatic heterocycles. The number of rotatable bonds is 10. The molecule has 6 nitrogen and oxygen atoms in total. The average molecular weight is 523 g/mol. The van der Waals surface area contributed by atoms with Gasteiger partial charge in [-0.25, -0.2) is 4.79 Å². The van der Waals surface area contributed by atoms with E-state index in [1.165, 1.54) is 0 Å². The second-order valence-corrected chi connectivity index (χ2v) is 10.6. The topological polar surface area (TPSA) is 85.2 Å². The Morgan fingerprint density at radius 1 is 0.949 bits per heavy atom. The van der Waals surface area contributed by atoms with Crippen molar-refractivity contribution < 1.29 is 9.59 Å². The van der Waals surface area contributed by atoms with Gasteiger partial charge in [0.05, 0.1) is 17.5 Å². The Morgan fingerprint density at radius 3 is 2.05 bits per heavy atom. The molecule has 0 bridgehead atoms. The van der Waals surface area contributed by atoms with Gasteiger partial charge in [-0.3, -0.25) is 4.79 Å². The summed E-state index contributed by atoms with van der Waals surface area (Å²) in [5.74, 6) is -0.0119. The van der Waals surface area contributed by atoms with E-state index in [1.54, 1.807) is 4.90 Å². The minimum absolute atomic E-state index is 0.134. The van der Waals surface area contributed by atoms with Crippen molar-refractivity contribution in [1.82, 2.24) is 15.5 Å². The van der Waals surface area contributed by atoms with Crippen molar-refractivity contribution >= 4 is 11.9 Å². The second-order valence-electron chi connectivity index (χ2n) is 10.6. The zero-order valence-electron chi connectivity index (χ0n) is 22.8. The molecule has 2 N–H and O–H groups in total. The molecule has 0 spiro atoms. The molecule has 1 unspecified atom stereocenters. The number of urea groups is 1. The van der Waals surface area contributed by atoms with Gasteiger partial charge in [-0.1, -0.05) is 105 Å². The Hall–Kier alpha value is -4.11. The standard InChI is InChI=1S/C33H38N4O2/c1-25(2)33(24-34,28-18-10-5-11-19-28)21-13-22-35-32(39)37-23-12-20-29(37)31(38)36-30(26-14-6-3-7-15-26)27-16-8-4-9-17-27/h3-11,14-19,25,29-30H,12-13,20-23H2,1-2H3,(H,35,39)(H,36,38)/t29-,33?/m1/s1. The van der Waals surface area contributed by atoms with Gasteiger partial charge in [-0.05, 0) is 48.3 Å². The van der Waals surface area contributed by atoms with Gasteiger partial charge in [0.2, 0.25) is 5.91 Å². The van der Waals surface area contributed by atoms with Crippen LogP contribution in [-0.2, 0) is 10.2 Å². The van der Waals surface area contributed by atoms with Gasteiger partial charge in [-0.2, -0.15) is 5.26 Å². The van der Waals surface area contributed by atoms with Crippen molar-refractivity contribution in [3.8, 4) is 6.07 Å². The van der Waals surface area contributed by atoms with Gasteiger partial charge in [0.15, 0.2) is 0 Å². The average Bonchev–Trinajstić information content (AvgIpc) is 3.48. The van der Waals surface area contributed by atoms with Gasteiger partial charge in [0, 0.05) is 13.1 Å². The first-order chi connectivity index (χ1) is 19.0. The first-order valence-electron chi connectivity index (χ1n) is 13.9. The predicted octanol–water partition coefficient (Wildman–Crippen LogP) is 5.96. The van der Waals surface area contributed by atoms with E-state index in [0.29, 0.717) is 32.4 Å². The molecule has 1 saturated heterocycles. The Morgan fingerprint density at radius 2 is 1.51 bits per heavy atom. The molecule has 0 aliphatic carbocycles. The molecule has 4 rings (SSSR count). The SMILES string of the molecule is CC(C)C(C#N)(CCCNC(=O)N1CCC[C@@H]1C(=O)NC(c1ccccc1)c1ccccc1)c1ccccc1. The summed E-state index contributed by atoms with van der Waals surface area (Å²) in [4.78, 5) is 28.3. The summed E-state index contributed by atoms with van der Waals surface area (Å²) in [6.07, 6.45) is 2.73. The minimum atomic E-state index is -0.605. The molecule has 3 aromatic carbocycles. The van der Waals surface area contributed by atoms with Crippen molar-refractivity contribution in [2.75, 3.05) is 13.1 Å². The molecule has 0 saturated carbocycles. The van der Waals surface area contributed by atoms with E-state index in [1.807, 2.05) is 91.0 Å². The summed E-state index contributed by atoms with van der Waals surface area (Å²) in [7, 11) is 0. The van der Waals surface area contributed by atoms with Crippen molar-refractivity contribution in [1.29, 1.82) is 5.26 Å². The van der Waals surface area contributed by atoms with Crippen LogP contribution in [0.2, 0.25) is 0 Å². The Kier molecular flexibility index (Phi) is 9.38. The highest BCUT2D eigenvalue weighted by atomic mass is 16.2. The number of carbonyl (C=O) groups excluding carboxylic acids is 2. The maximum absolute atomic E-state index is 13.5. The summed E-state index contributed by atoms with van der Waals surface area (Å²) in [6.45, 7) is 5.13. The third kappa shape index (κ3) is 6.49. The number of amides is 3. The number of benzene rings is 3. The van der Waals surface area contributed by atoms with E-state index < -0.39 is 11.5 Å². The van der Waals surface area contributed by atoms with Gasteiger partial charge >= 0.3 is 6.03 Å². The monoisotopic (exact) mass is 522 g/mol. The molecule has 3 amide bonds. The summed E-state index contributed by atoms with van der Waals surface area (Å²) >= 11 is 0. The molecule has 0 aromatic heterocycles. The molecule has 39 heavy (non-hydrogen) atoms. The predicted molar refractivity (Wildman–Crippen MR) is 154 cm³/mol. The quantitative estimate of drug-likeness (QED) is 0.322. The summed E-state index contributed by atoms with van der Waals surface area (Å²) < 4.78 is 0. The lowest BCUT2D eigenvalue weighted by Crippen LogP contribution is -2.50. The van der Waals surface area contributed by atoms with E-state index in [4.69, 9.17) is 0 Å². The zero-order valence-corrected chi connectivity index (χ0v) is 22.8. The first-order valence-corrected chi connectivity index (χ1v) is 13.9. The van der Waals surface area contributed by atoms with Crippen molar-refractivity contribution in [2.24, 2.45) is 5.92 Å². The van der Waals surface area contributed by atoms with Crippen molar-refractivity contribution in [2.45, 2.75) is 57.0 Å². The van der Waals surface area contributed by atoms with Crippen molar-refractivity contribution in [3.05, 3.63) is 108 Å². The largest absolute Gasteiger partial charge is 0.343 e. The van der Waals surface area contributed by atoms with E-state index in [0.717, 1.165) is 23.1 Å². The molecular weight excluding hydrogens is 484 g/mol. The number of hydrogen-bond acceptors (Lipinski definition) is 3. The molecule has 202 valence electrons. The van der Waals surface area contributed by atoms with E-state index >= 15 is 0 Å². The van der Waals surface area contributed by atoms with Crippen LogP contribution in [0.3, 0.4) is 0 Å². The lowest BCUT2D eigenvalue weighted by Gasteiger charge is -2.31. The van der Waals surface area contributed by atoms with E-state index in [-0.39, 0.29) is 23.9 Å². The molecular formula is C33H38N4O2. The minimum Gasteiger partial charge on any atom is -0.343 e. The smallest absolute Gasteiger partial charge is 0.318 e. The van der Waals surface area contributed by atoms with E-state index in [9.17, 15) is 14.9 Å². The fourth-order valence-electron chi connectivity index (χ4n) is 5.59. The molecule has 0 radical (unpaired) electrons. The molecule has 2 atom stereocenters. The fourth-order valence-corrected chi connectivity index (χ4v) is 5.59. The van der Waals surface area contributed by atoms with Gasteiger partial charge in [-0.15, -0.1) is 0 Å². The highest BCUT2D eigenvalue weighted by Gasteiger charge is 2.37. The van der Waals surface area contributed by atoms with Crippen LogP contribution in [0, 0.1) is 17.2 Å². The van der Waals surface area contributed by atoms with Gasteiger partial charge < -0.3 is 15.5 Å². The third-order valence-electron chi connectivity index (χ3n) is 7.87. The highest BCUT2D eigenvalue weighted by Crippen LogP contribution is 2.36. The van der Waals surface area contributed by atoms with Crippen LogP contribution in [0.1, 0.15) is 62.3 Å². The van der Waals surface area contributed by atoms with Crippen LogP contribution in [0.5, 0.6) is 0 Å². The normalized spacial score (nSPS) is 16.5. The Labute approximate surface area is 232 Å². The number of nitriles is 1. The molecule has 1 heterocycles. The summed E-state index contributed by atoms with van der Waals surface area (Å²) in [5, 5.41) is 16.3. The lowest BCUT2D eigenvalue weighted by molar-refractivity contribution is -0.125. The van der Waals surface area contributed by atoms with E-state index in [2.05, 4.69) is 30.6 Å². The molecule has 1 fully saturated rings. The van der Waals surface area contributed by atoms with Crippen molar-refractivity contribution in [3.63, 3.8) is 0 Å².